The number of nitrogens with two attached hydrogens (primary N) is 1. The summed E-state index contributed by atoms with van der Waals surface area (Å²) >= 11 is 12.2. The maximum atomic E-state index is 6.12. The Kier molecular flexibility index (Phi) is 5.30. The molecular formula is C16H17Cl2NO. The van der Waals surface area contributed by atoms with E-state index < -0.39 is 0 Å². The predicted octanol–water partition coefficient (Wildman–Crippen LogP) is 5.07. The lowest BCUT2D eigenvalue weighted by atomic mass is 10.0. The highest BCUT2D eigenvalue weighted by Crippen LogP contribution is 2.32. The highest BCUT2D eigenvalue weighted by molar-refractivity contribution is 6.32. The van der Waals surface area contributed by atoms with Crippen LogP contribution in [-0.4, -0.2) is 6.04 Å². The van der Waals surface area contributed by atoms with Crippen molar-refractivity contribution in [1.82, 2.24) is 0 Å². The Morgan fingerprint density at radius 3 is 2.55 bits per heavy atom. The van der Waals surface area contributed by atoms with Gasteiger partial charge in [0.1, 0.15) is 11.5 Å². The summed E-state index contributed by atoms with van der Waals surface area (Å²) in [6.07, 6.45) is 1.62. The normalized spacial score (nSPS) is 12.2. The molecule has 20 heavy (non-hydrogen) atoms. The third-order valence-electron chi connectivity index (χ3n) is 3.09. The van der Waals surface area contributed by atoms with E-state index in [1.807, 2.05) is 30.3 Å². The van der Waals surface area contributed by atoms with Gasteiger partial charge in [-0.15, -0.1) is 0 Å². The molecule has 4 heteroatoms. The number of halogens is 2. The second kappa shape index (κ2) is 6.98. The molecule has 0 heterocycles. The topological polar surface area (TPSA) is 35.2 Å². The molecule has 2 aromatic carbocycles. The van der Waals surface area contributed by atoms with E-state index in [2.05, 4.69) is 6.92 Å². The molecule has 2 nitrogen and oxygen atoms in total. The molecule has 2 rings (SSSR count). The van der Waals surface area contributed by atoms with Crippen molar-refractivity contribution in [2.75, 3.05) is 0 Å². The molecule has 0 radical (unpaired) electrons. The molecule has 0 aliphatic rings. The summed E-state index contributed by atoms with van der Waals surface area (Å²) < 4.78 is 5.89. The first-order chi connectivity index (χ1) is 9.60. The van der Waals surface area contributed by atoms with Crippen LogP contribution in [0.5, 0.6) is 11.5 Å². The third-order valence-corrected chi connectivity index (χ3v) is 3.63. The van der Waals surface area contributed by atoms with Gasteiger partial charge >= 0.3 is 0 Å². The van der Waals surface area contributed by atoms with Gasteiger partial charge in [0.05, 0.1) is 5.02 Å². The fourth-order valence-corrected chi connectivity index (χ4v) is 2.25. The van der Waals surface area contributed by atoms with E-state index in [0.29, 0.717) is 15.8 Å². The predicted molar refractivity (Wildman–Crippen MR) is 84.9 cm³/mol. The Morgan fingerprint density at radius 1 is 1.10 bits per heavy atom. The maximum absolute atomic E-state index is 6.12. The van der Waals surface area contributed by atoms with Gasteiger partial charge in [-0.3, -0.25) is 0 Å². The van der Waals surface area contributed by atoms with Gasteiger partial charge in [-0.05, 0) is 48.7 Å². The summed E-state index contributed by atoms with van der Waals surface area (Å²) in [4.78, 5) is 0. The molecule has 0 amide bonds. The van der Waals surface area contributed by atoms with Gasteiger partial charge < -0.3 is 10.5 Å². The van der Waals surface area contributed by atoms with Crippen LogP contribution in [0.25, 0.3) is 0 Å². The summed E-state index contributed by atoms with van der Waals surface area (Å²) in [7, 11) is 0. The number of hydrogen-bond donors (Lipinski definition) is 1. The van der Waals surface area contributed by atoms with Crippen LogP contribution in [0.15, 0.2) is 42.5 Å². The Morgan fingerprint density at radius 2 is 1.85 bits per heavy atom. The first-order valence-electron chi connectivity index (χ1n) is 6.56. The molecule has 0 aromatic heterocycles. The minimum atomic E-state index is 0.0852. The van der Waals surface area contributed by atoms with E-state index >= 15 is 0 Å². The van der Waals surface area contributed by atoms with Crippen LogP contribution < -0.4 is 10.5 Å². The number of hydrogen-bond acceptors (Lipinski definition) is 2. The van der Waals surface area contributed by atoms with Gasteiger partial charge in [-0.2, -0.15) is 0 Å². The van der Waals surface area contributed by atoms with Crippen LogP contribution in [0.1, 0.15) is 18.9 Å². The van der Waals surface area contributed by atoms with Gasteiger partial charge in [0, 0.05) is 11.1 Å². The highest BCUT2D eigenvalue weighted by atomic mass is 35.5. The van der Waals surface area contributed by atoms with Crippen molar-refractivity contribution >= 4 is 23.2 Å². The van der Waals surface area contributed by atoms with E-state index in [0.717, 1.165) is 24.2 Å². The molecule has 106 valence electrons. The molecule has 0 fully saturated rings. The Hall–Kier alpha value is -1.22. The van der Waals surface area contributed by atoms with Crippen LogP contribution in [0.4, 0.5) is 0 Å². The zero-order chi connectivity index (χ0) is 14.5. The summed E-state index contributed by atoms with van der Waals surface area (Å²) in [6.45, 7) is 2.06. The Bertz CT molecular complexity index is 586. The number of rotatable bonds is 5. The fraction of sp³-hybridized carbons (Fsp3) is 0.250. The third kappa shape index (κ3) is 3.89. The Labute approximate surface area is 129 Å². The number of ether oxygens (including phenoxy) is 1. The molecule has 1 unspecified atom stereocenters. The van der Waals surface area contributed by atoms with Crippen molar-refractivity contribution in [1.29, 1.82) is 0 Å². The second-order valence-electron chi connectivity index (χ2n) is 4.66. The van der Waals surface area contributed by atoms with Crippen molar-refractivity contribution < 1.29 is 4.74 Å². The lowest BCUT2D eigenvalue weighted by Gasteiger charge is -2.15. The van der Waals surface area contributed by atoms with Crippen LogP contribution >= 0.6 is 23.2 Å². The zero-order valence-electron chi connectivity index (χ0n) is 11.3. The molecule has 0 saturated heterocycles. The van der Waals surface area contributed by atoms with E-state index in [-0.39, 0.29) is 6.04 Å². The van der Waals surface area contributed by atoms with E-state index in [4.69, 9.17) is 33.7 Å². The first kappa shape index (κ1) is 15.2. The Balaban J connectivity index is 2.29. The van der Waals surface area contributed by atoms with Gasteiger partial charge in [-0.25, -0.2) is 0 Å². The molecular weight excluding hydrogens is 293 g/mol. The highest BCUT2D eigenvalue weighted by Gasteiger charge is 2.11. The molecule has 0 aliphatic carbocycles. The van der Waals surface area contributed by atoms with E-state index in [1.165, 1.54) is 0 Å². The molecule has 2 N–H and O–H groups in total. The second-order valence-corrected chi connectivity index (χ2v) is 5.50. The van der Waals surface area contributed by atoms with Crippen LogP contribution in [-0.2, 0) is 6.42 Å². The van der Waals surface area contributed by atoms with Crippen LogP contribution in [0.2, 0.25) is 10.0 Å². The van der Waals surface area contributed by atoms with Gasteiger partial charge in [0.2, 0.25) is 0 Å². The minimum absolute atomic E-state index is 0.0852. The monoisotopic (exact) mass is 309 g/mol. The first-order valence-corrected chi connectivity index (χ1v) is 7.32. The van der Waals surface area contributed by atoms with Crippen molar-refractivity contribution in [3.05, 3.63) is 58.1 Å². The smallest absolute Gasteiger partial charge is 0.146 e. The summed E-state index contributed by atoms with van der Waals surface area (Å²) in [5.41, 5.74) is 7.01. The zero-order valence-corrected chi connectivity index (χ0v) is 12.8. The fourth-order valence-electron chi connectivity index (χ4n) is 1.88. The van der Waals surface area contributed by atoms with Crippen LogP contribution in [0.3, 0.4) is 0 Å². The number of benzene rings is 2. The molecule has 0 bridgehead atoms. The van der Waals surface area contributed by atoms with Gasteiger partial charge in [0.25, 0.3) is 0 Å². The van der Waals surface area contributed by atoms with Gasteiger partial charge in [-0.1, -0.05) is 42.3 Å². The lowest BCUT2D eigenvalue weighted by Crippen LogP contribution is -2.21. The van der Waals surface area contributed by atoms with Crippen molar-refractivity contribution in [2.24, 2.45) is 5.73 Å². The average Bonchev–Trinajstić information content (AvgIpc) is 2.44. The summed E-state index contributed by atoms with van der Waals surface area (Å²) in [5, 5.41) is 1.25. The van der Waals surface area contributed by atoms with E-state index in [1.54, 1.807) is 12.1 Å². The minimum Gasteiger partial charge on any atom is -0.456 e. The van der Waals surface area contributed by atoms with Crippen LogP contribution in [0, 0.1) is 0 Å². The summed E-state index contributed by atoms with van der Waals surface area (Å²) in [6, 6.07) is 13.0. The molecule has 2 aromatic rings. The standard InChI is InChI=1S/C16H17Cl2NO/c1-2-13(19)10-11-9-12(17)7-8-15(11)20-16-6-4-3-5-14(16)18/h3-9,13H,2,10,19H2,1H3. The SMILES string of the molecule is CCC(N)Cc1cc(Cl)ccc1Oc1ccccc1Cl. The average molecular weight is 310 g/mol. The molecule has 1 atom stereocenters. The quantitative estimate of drug-likeness (QED) is 0.837. The lowest BCUT2D eigenvalue weighted by molar-refractivity contribution is 0.472. The molecule has 0 saturated carbocycles. The molecule has 0 aliphatic heterocycles. The van der Waals surface area contributed by atoms with E-state index in [9.17, 15) is 0 Å². The molecule has 0 spiro atoms. The van der Waals surface area contributed by atoms with Crippen molar-refractivity contribution in [3.8, 4) is 11.5 Å². The van der Waals surface area contributed by atoms with Crippen molar-refractivity contribution in [2.45, 2.75) is 25.8 Å². The summed E-state index contributed by atoms with van der Waals surface area (Å²) in [5.74, 6) is 1.37. The maximum Gasteiger partial charge on any atom is 0.146 e. The van der Waals surface area contributed by atoms with Gasteiger partial charge in [0.15, 0.2) is 0 Å². The number of para-hydroxylation sites is 1. The largest absolute Gasteiger partial charge is 0.456 e. The van der Waals surface area contributed by atoms with Crippen molar-refractivity contribution in [3.63, 3.8) is 0 Å².